The highest BCUT2D eigenvalue weighted by atomic mass is 19.1. The largest absolute Gasteiger partial charge is 0.454 e. The molecule has 0 atom stereocenters. The molecular formula is C16H11FN4O3. The molecule has 0 amide bonds. The van der Waals surface area contributed by atoms with Crippen LogP contribution < -0.4 is 15.0 Å². The van der Waals surface area contributed by atoms with Gasteiger partial charge in [-0.25, -0.2) is 4.39 Å². The maximum Gasteiger partial charge on any atom is 0.292 e. The zero-order valence-corrected chi connectivity index (χ0v) is 12.2. The maximum atomic E-state index is 13.0. The van der Waals surface area contributed by atoms with Gasteiger partial charge >= 0.3 is 0 Å². The summed E-state index contributed by atoms with van der Waals surface area (Å²) < 4.78 is 23.5. The second-order valence-corrected chi connectivity index (χ2v) is 5.05. The van der Waals surface area contributed by atoms with Crippen LogP contribution >= 0.6 is 0 Å². The number of azo groups is 1. The maximum absolute atomic E-state index is 13.0. The Morgan fingerprint density at radius 2 is 1.75 bits per heavy atom. The monoisotopic (exact) mass is 326 g/mol. The predicted octanol–water partition coefficient (Wildman–Crippen LogP) is 3.65. The van der Waals surface area contributed by atoms with E-state index in [1.165, 1.54) is 12.1 Å². The van der Waals surface area contributed by atoms with E-state index >= 15 is 0 Å². The predicted molar refractivity (Wildman–Crippen MR) is 83.5 cm³/mol. The van der Waals surface area contributed by atoms with E-state index in [0.29, 0.717) is 28.4 Å². The molecule has 1 aromatic heterocycles. The number of ether oxygens (including phenoxy) is 2. The van der Waals surface area contributed by atoms with Gasteiger partial charge in [0.05, 0.1) is 11.4 Å². The van der Waals surface area contributed by atoms with Gasteiger partial charge in [-0.2, -0.15) is 5.11 Å². The average Bonchev–Trinajstić information content (AvgIpc) is 3.20. The summed E-state index contributed by atoms with van der Waals surface area (Å²) in [5, 5.41) is 13.3. The molecule has 1 aliphatic heterocycles. The first-order valence-corrected chi connectivity index (χ1v) is 7.09. The average molecular weight is 326 g/mol. The lowest BCUT2D eigenvalue weighted by Crippen LogP contribution is -1.96. The molecule has 0 unspecified atom stereocenters. The molecule has 120 valence electrons. The van der Waals surface area contributed by atoms with Crippen LogP contribution in [0.2, 0.25) is 0 Å². The molecule has 2 N–H and O–H groups in total. The molecule has 3 aromatic rings. The summed E-state index contributed by atoms with van der Waals surface area (Å²) in [5.74, 6) is 0.855. The summed E-state index contributed by atoms with van der Waals surface area (Å²) in [5.41, 5.74) is 1.27. The lowest BCUT2D eigenvalue weighted by atomic mass is 10.1. The SMILES string of the molecule is O=c1[nH][nH]c(-c2ccc(F)cc2)c1N=Nc1ccc2c(c1)OCO2. The molecule has 0 fully saturated rings. The Morgan fingerprint density at radius 1 is 0.958 bits per heavy atom. The number of nitrogens with zero attached hydrogens (tertiary/aromatic N) is 2. The van der Waals surface area contributed by atoms with Crippen LogP contribution in [0, 0.1) is 5.82 Å². The quantitative estimate of drug-likeness (QED) is 0.720. The topological polar surface area (TPSA) is 91.8 Å². The van der Waals surface area contributed by atoms with Crippen molar-refractivity contribution in [3.05, 3.63) is 58.6 Å². The smallest absolute Gasteiger partial charge is 0.292 e. The highest BCUT2D eigenvalue weighted by molar-refractivity contribution is 5.71. The Labute approximate surface area is 134 Å². The van der Waals surface area contributed by atoms with Crippen LogP contribution in [-0.4, -0.2) is 17.0 Å². The van der Waals surface area contributed by atoms with Gasteiger partial charge in [0, 0.05) is 11.6 Å². The molecule has 8 heteroatoms. The van der Waals surface area contributed by atoms with E-state index < -0.39 is 5.56 Å². The van der Waals surface area contributed by atoms with E-state index in [2.05, 4.69) is 20.4 Å². The first-order valence-electron chi connectivity index (χ1n) is 7.09. The van der Waals surface area contributed by atoms with Crippen LogP contribution in [0.5, 0.6) is 11.5 Å². The standard InChI is InChI=1S/C16H11FN4O3/c17-10-3-1-9(2-4-10)14-15(16(22)21-19-14)20-18-11-5-6-12-13(7-11)24-8-23-12/h1-7H,8H2,(H2,19,21,22). The summed E-state index contributed by atoms with van der Waals surface area (Å²) in [7, 11) is 0. The molecule has 4 rings (SSSR count). The molecule has 0 bridgehead atoms. The Balaban J connectivity index is 1.68. The Hall–Kier alpha value is -3.42. The number of benzene rings is 2. The Kier molecular flexibility index (Phi) is 3.34. The lowest BCUT2D eigenvalue weighted by molar-refractivity contribution is 0.174. The second-order valence-electron chi connectivity index (χ2n) is 5.05. The minimum atomic E-state index is -0.418. The molecule has 0 aliphatic carbocycles. The zero-order chi connectivity index (χ0) is 16.5. The van der Waals surface area contributed by atoms with E-state index in [0.717, 1.165) is 0 Å². The molecule has 0 spiro atoms. The minimum Gasteiger partial charge on any atom is -0.454 e. The van der Waals surface area contributed by atoms with Crippen molar-refractivity contribution < 1.29 is 13.9 Å². The summed E-state index contributed by atoms with van der Waals surface area (Å²) in [6.07, 6.45) is 0. The molecule has 2 heterocycles. The van der Waals surface area contributed by atoms with Crippen LogP contribution in [0.25, 0.3) is 11.3 Å². The first-order chi connectivity index (χ1) is 11.7. The van der Waals surface area contributed by atoms with Crippen LogP contribution in [0.15, 0.2) is 57.5 Å². The molecule has 7 nitrogen and oxygen atoms in total. The van der Waals surface area contributed by atoms with Gasteiger partial charge in [0.2, 0.25) is 6.79 Å². The third-order valence-corrected chi connectivity index (χ3v) is 3.51. The number of halogens is 1. The molecule has 0 saturated carbocycles. The molecule has 1 aliphatic rings. The van der Waals surface area contributed by atoms with Crippen LogP contribution in [0.1, 0.15) is 0 Å². The van der Waals surface area contributed by atoms with Crippen molar-refractivity contribution in [2.45, 2.75) is 0 Å². The van der Waals surface area contributed by atoms with E-state index in [4.69, 9.17) is 9.47 Å². The van der Waals surface area contributed by atoms with E-state index in [9.17, 15) is 9.18 Å². The van der Waals surface area contributed by atoms with E-state index in [1.807, 2.05) is 0 Å². The second kappa shape index (κ2) is 5.65. The van der Waals surface area contributed by atoms with Gasteiger partial charge in [0.25, 0.3) is 5.56 Å². The molecule has 0 saturated heterocycles. The molecule has 24 heavy (non-hydrogen) atoms. The fraction of sp³-hybridized carbons (Fsp3) is 0.0625. The normalized spacial score (nSPS) is 12.9. The number of aromatic nitrogens is 2. The number of aromatic amines is 2. The van der Waals surface area contributed by atoms with Gasteiger partial charge < -0.3 is 9.47 Å². The highest BCUT2D eigenvalue weighted by Gasteiger charge is 2.14. The van der Waals surface area contributed by atoms with Crippen molar-refractivity contribution in [3.8, 4) is 22.8 Å². The van der Waals surface area contributed by atoms with Crippen molar-refractivity contribution in [1.29, 1.82) is 0 Å². The highest BCUT2D eigenvalue weighted by Crippen LogP contribution is 2.36. The van der Waals surface area contributed by atoms with E-state index in [1.54, 1.807) is 30.3 Å². The van der Waals surface area contributed by atoms with Gasteiger partial charge in [0.15, 0.2) is 17.2 Å². The van der Waals surface area contributed by atoms with Crippen LogP contribution in [-0.2, 0) is 0 Å². The number of hydrogen-bond donors (Lipinski definition) is 2. The van der Waals surface area contributed by atoms with Crippen LogP contribution in [0.4, 0.5) is 15.8 Å². The fourth-order valence-electron chi connectivity index (χ4n) is 2.33. The number of nitrogens with one attached hydrogen (secondary N) is 2. The van der Waals surface area contributed by atoms with Crippen LogP contribution in [0.3, 0.4) is 0 Å². The molecular weight excluding hydrogens is 315 g/mol. The fourth-order valence-corrected chi connectivity index (χ4v) is 2.33. The van der Waals surface area contributed by atoms with Crippen molar-refractivity contribution >= 4 is 11.4 Å². The summed E-state index contributed by atoms with van der Waals surface area (Å²) >= 11 is 0. The van der Waals surface area contributed by atoms with Gasteiger partial charge in [0.1, 0.15) is 5.82 Å². The van der Waals surface area contributed by atoms with Crippen molar-refractivity contribution in [2.75, 3.05) is 6.79 Å². The zero-order valence-electron chi connectivity index (χ0n) is 12.2. The van der Waals surface area contributed by atoms with Gasteiger partial charge in [-0.05, 0) is 36.4 Å². The Morgan fingerprint density at radius 3 is 2.58 bits per heavy atom. The summed E-state index contributed by atoms with van der Waals surface area (Å²) in [6.45, 7) is 0.169. The Bertz CT molecular complexity index is 976. The lowest BCUT2D eigenvalue weighted by Gasteiger charge is -1.99. The first kappa shape index (κ1) is 14.2. The summed E-state index contributed by atoms with van der Waals surface area (Å²) in [4.78, 5) is 11.9. The third kappa shape index (κ3) is 2.54. The number of H-pyrrole nitrogens is 2. The molecule has 2 aromatic carbocycles. The van der Waals surface area contributed by atoms with Gasteiger partial charge in [-0.3, -0.25) is 15.0 Å². The number of fused-ring (bicyclic) bond motifs is 1. The minimum absolute atomic E-state index is 0.110. The van der Waals surface area contributed by atoms with E-state index in [-0.39, 0.29) is 18.3 Å². The van der Waals surface area contributed by atoms with Gasteiger partial charge in [-0.15, -0.1) is 5.11 Å². The van der Waals surface area contributed by atoms with Crippen molar-refractivity contribution in [2.24, 2.45) is 10.2 Å². The van der Waals surface area contributed by atoms with Crippen molar-refractivity contribution in [1.82, 2.24) is 10.2 Å². The number of rotatable bonds is 3. The van der Waals surface area contributed by atoms with Gasteiger partial charge in [-0.1, -0.05) is 0 Å². The number of hydrogen-bond acceptors (Lipinski definition) is 5. The molecule has 0 radical (unpaired) electrons. The third-order valence-electron chi connectivity index (χ3n) is 3.51. The van der Waals surface area contributed by atoms with Crippen molar-refractivity contribution in [3.63, 3.8) is 0 Å². The summed E-state index contributed by atoms with van der Waals surface area (Å²) in [6, 6.07) is 10.8.